The summed E-state index contributed by atoms with van der Waals surface area (Å²) in [6.07, 6.45) is 2.55. The molecule has 1 heterocycles. The normalized spacial score (nSPS) is 14.6. The summed E-state index contributed by atoms with van der Waals surface area (Å²) >= 11 is 3.77. The number of benzene rings is 1. The molecular weight excluding hydrogens is 222 g/mol. The number of fused-ring (bicyclic) bond motifs is 1. The number of thioether (sulfide) groups is 2. The molecule has 3 heteroatoms. The van der Waals surface area contributed by atoms with E-state index in [4.69, 9.17) is 0 Å². The predicted molar refractivity (Wildman–Crippen MR) is 72.2 cm³/mol. The largest absolute Gasteiger partial charge is 0.235 e. The van der Waals surface area contributed by atoms with Crippen molar-refractivity contribution in [3.63, 3.8) is 0 Å². The fraction of sp³-hybridized carbons (Fsp3) is 0.417. The molecular formula is C12H15NS2. The first-order valence-electron chi connectivity index (χ1n) is 5.32. The van der Waals surface area contributed by atoms with Crippen molar-refractivity contribution < 1.29 is 0 Å². The second-order valence-corrected chi connectivity index (χ2v) is 5.80. The fourth-order valence-electron chi connectivity index (χ4n) is 1.39. The van der Waals surface area contributed by atoms with Crippen molar-refractivity contribution in [1.29, 1.82) is 0 Å². The summed E-state index contributed by atoms with van der Waals surface area (Å²) in [5.41, 5.74) is 2.53. The van der Waals surface area contributed by atoms with Gasteiger partial charge in [0.25, 0.3) is 0 Å². The van der Waals surface area contributed by atoms with Crippen molar-refractivity contribution in [3.8, 4) is 0 Å². The molecule has 0 amide bonds. The Labute approximate surface area is 99.8 Å². The van der Waals surface area contributed by atoms with Gasteiger partial charge in [-0.25, -0.2) is 4.99 Å². The van der Waals surface area contributed by atoms with Crippen molar-refractivity contribution in [1.82, 2.24) is 0 Å². The molecule has 80 valence electrons. The molecule has 1 aromatic rings. The summed E-state index contributed by atoms with van der Waals surface area (Å²) in [6.45, 7) is 2.23. The maximum absolute atomic E-state index is 4.66. The lowest BCUT2D eigenvalue weighted by molar-refractivity contribution is 0.898. The second kappa shape index (κ2) is 5.61. The first-order valence-corrected chi connectivity index (χ1v) is 7.29. The molecule has 0 unspecified atom stereocenters. The Hall–Kier alpha value is -0.410. The Morgan fingerprint density at radius 2 is 2.27 bits per heavy atom. The average Bonchev–Trinajstić information content (AvgIpc) is 2.29. The fourth-order valence-corrected chi connectivity index (χ4v) is 3.61. The zero-order chi connectivity index (χ0) is 10.5. The van der Waals surface area contributed by atoms with E-state index in [2.05, 4.69) is 36.2 Å². The zero-order valence-electron chi connectivity index (χ0n) is 8.90. The molecule has 0 radical (unpaired) electrons. The van der Waals surface area contributed by atoms with Crippen LogP contribution in [0.4, 0.5) is 5.69 Å². The number of para-hydroxylation sites is 1. The topological polar surface area (TPSA) is 12.4 Å². The summed E-state index contributed by atoms with van der Waals surface area (Å²) in [5.74, 6) is 2.28. The van der Waals surface area contributed by atoms with Gasteiger partial charge in [-0.05, 0) is 23.8 Å². The number of hydrogen-bond donors (Lipinski definition) is 0. The lowest BCUT2D eigenvalue weighted by Gasteiger charge is -2.13. The molecule has 0 saturated heterocycles. The number of unbranched alkanes of at least 4 members (excludes halogenated alkanes) is 1. The molecule has 1 aliphatic heterocycles. The van der Waals surface area contributed by atoms with E-state index in [0.29, 0.717) is 0 Å². The van der Waals surface area contributed by atoms with Gasteiger partial charge in [0.2, 0.25) is 0 Å². The summed E-state index contributed by atoms with van der Waals surface area (Å²) in [6, 6.07) is 8.42. The van der Waals surface area contributed by atoms with Gasteiger partial charge < -0.3 is 0 Å². The monoisotopic (exact) mass is 237 g/mol. The molecule has 0 fully saturated rings. The van der Waals surface area contributed by atoms with Crippen molar-refractivity contribution in [2.24, 2.45) is 4.99 Å². The number of hydrogen-bond acceptors (Lipinski definition) is 3. The van der Waals surface area contributed by atoms with Crippen molar-refractivity contribution in [2.75, 3.05) is 5.75 Å². The standard InChI is InChI=1S/C12H15NS2/c1-2-3-8-14-12-13-11-7-5-4-6-10(11)9-15-12/h4-7H,2-3,8-9H2,1H3. The zero-order valence-corrected chi connectivity index (χ0v) is 10.5. The highest BCUT2D eigenvalue weighted by Gasteiger charge is 2.11. The Balaban J connectivity index is 2.02. The van der Waals surface area contributed by atoms with Gasteiger partial charge in [-0.15, -0.1) is 0 Å². The van der Waals surface area contributed by atoms with Crippen LogP contribution in [-0.2, 0) is 5.75 Å². The van der Waals surface area contributed by atoms with E-state index >= 15 is 0 Å². The van der Waals surface area contributed by atoms with Crippen LogP contribution in [0.1, 0.15) is 25.3 Å². The molecule has 1 aliphatic rings. The lowest BCUT2D eigenvalue weighted by atomic mass is 10.2. The van der Waals surface area contributed by atoms with E-state index in [-0.39, 0.29) is 0 Å². The van der Waals surface area contributed by atoms with E-state index < -0.39 is 0 Å². The summed E-state index contributed by atoms with van der Waals surface area (Å²) in [4.78, 5) is 4.66. The smallest absolute Gasteiger partial charge is 0.130 e. The van der Waals surface area contributed by atoms with Gasteiger partial charge in [-0.2, -0.15) is 0 Å². The van der Waals surface area contributed by atoms with Crippen molar-refractivity contribution in [3.05, 3.63) is 29.8 Å². The number of rotatable bonds is 3. The van der Waals surface area contributed by atoms with E-state index in [1.165, 1.54) is 28.5 Å². The summed E-state index contributed by atoms with van der Waals surface area (Å²) in [5, 5.41) is 0. The van der Waals surface area contributed by atoms with E-state index in [1.807, 2.05) is 23.5 Å². The van der Waals surface area contributed by atoms with Crippen LogP contribution in [0.3, 0.4) is 0 Å². The number of nitrogens with zero attached hydrogens (tertiary/aromatic N) is 1. The minimum Gasteiger partial charge on any atom is -0.235 e. The predicted octanol–water partition coefficient (Wildman–Crippen LogP) is 4.45. The Bertz CT molecular complexity index is 360. The Kier molecular flexibility index (Phi) is 4.15. The van der Waals surface area contributed by atoms with Gasteiger partial charge in [0.05, 0.1) is 5.69 Å². The molecule has 0 atom stereocenters. The maximum atomic E-state index is 4.66. The molecule has 0 N–H and O–H groups in total. The highest BCUT2D eigenvalue weighted by molar-refractivity contribution is 8.38. The Morgan fingerprint density at radius 1 is 1.40 bits per heavy atom. The minimum absolute atomic E-state index is 1.08. The molecule has 0 saturated carbocycles. The maximum Gasteiger partial charge on any atom is 0.130 e. The SMILES string of the molecule is CCCCSC1=Nc2ccccc2CS1. The Morgan fingerprint density at radius 3 is 3.13 bits per heavy atom. The van der Waals surface area contributed by atoms with Crippen LogP contribution in [0.25, 0.3) is 0 Å². The van der Waals surface area contributed by atoms with Crippen LogP contribution in [0, 0.1) is 0 Å². The first kappa shape index (κ1) is 11.1. The molecule has 1 aromatic carbocycles. The molecule has 2 rings (SSSR count). The van der Waals surface area contributed by atoms with Gasteiger partial charge >= 0.3 is 0 Å². The molecule has 0 aliphatic carbocycles. The van der Waals surface area contributed by atoms with Crippen molar-refractivity contribution in [2.45, 2.75) is 25.5 Å². The van der Waals surface area contributed by atoms with Crippen LogP contribution >= 0.6 is 23.5 Å². The van der Waals surface area contributed by atoms with E-state index in [9.17, 15) is 0 Å². The van der Waals surface area contributed by atoms with Crippen LogP contribution < -0.4 is 0 Å². The second-order valence-electron chi connectivity index (χ2n) is 3.50. The van der Waals surface area contributed by atoms with Crippen LogP contribution in [0.5, 0.6) is 0 Å². The van der Waals surface area contributed by atoms with Gasteiger partial charge in [0, 0.05) is 5.75 Å². The first-order chi connectivity index (χ1) is 7.40. The van der Waals surface area contributed by atoms with Gasteiger partial charge in [0.15, 0.2) is 0 Å². The van der Waals surface area contributed by atoms with Gasteiger partial charge in [-0.1, -0.05) is 55.1 Å². The van der Waals surface area contributed by atoms with E-state index in [0.717, 1.165) is 11.4 Å². The van der Waals surface area contributed by atoms with Crippen molar-refractivity contribution >= 4 is 33.6 Å². The van der Waals surface area contributed by atoms with Crippen LogP contribution in [0.2, 0.25) is 0 Å². The highest BCUT2D eigenvalue weighted by Crippen LogP contribution is 2.34. The quantitative estimate of drug-likeness (QED) is 0.720. The number of aliphatic imine (C=N–C) groups is 1. The minimum atomic E-state index is 1.08. The molecule has 0 bridgehead atoms. The van der Waals surface area contributed by atoms with Crippen LogP contribution in [0.15, 0.2) is 29.3 Å². The third kappa shape index (κ3) is 3.02. The lowest BCUT2D eigenvalue weighted by Crippen LogP contribution is -1.96. The summed E-state index contributed by atoms with van der Waals surface area (Å²) < 4.78 is 1.24. The summed E-state index contributed by atoms with van der Waals surface area (Å²) in [7, 11) is 0. The average molecular weight is 237 g/mol. The third-order valence-electron chi connectivity index (χ3n) is 2.28. The third-order valence-corrected chi connectivity index (χ3v) is 4.61. The molecule has 0 spiro atoms. The van der Waals surface area contributed by atoms with Gasteiger partial charge in [-0.3, -0.25) is 0 Å². The van der Waals surface area contributed by atoms with Gasteiger partial charge in [0.1, 0.15) is 4.38 Å². The molecule has 1 nitrogen and oxygen atoms in total. The van der Waals surface area contributed by atoms with Crippen LogP contribution in [-0.4, -0.2) is 10.1 Å². The van der Waals surface area contributed by atoms with E-state index in [1.54, 1.807) is 0 Å². The molecule has 15 heavy (non-hydrogen) atoms. The molecule has 0 aromatic heterocycles. The highest BCUT2D eigenvalue weighted by atomic mass is 32.2.